The second kappa shape index (κ2) is 5.57. The predicted molar refractivity (Wildman–Crippen MR) is 68.8 cm³/mol. The number of halogens is 2. The van der Waals surface area contributed by atoms with E-state index in [4.69, 9.17) is 0 Å². The first-order valence-electron chi connectivity index (χ1n) is 5.00. The highest BCUT2D eigenvalue weighted by atomic mass is 32.2. The van der Waals surface area contributed by atoms with Crippen molar-refractivity contribution in [1.29, 1.82) is 0 Å². The van der Waals surface area contributed by atoms with Crippen molar-refractivity contribution in [3.8, 4) is 0 Å². The number of thiophene rings is 1. The molecule has 2 aromatic rings. The van der Waals surface area contributed by atoms with Crippen molar-refractivity contribution in [2.45, 2.75) is 18.5 Å². The largest absolute Gasteiger partial charge is 0.299 e. The topological polar surface area (TPSA) is 43.1 Å². The summed E-state index contributed by atoms with van der Waals surface area (Å²) in [6.45, 7) is 1.97. The Balaban J connectivity index is 2.32. The molecule has 0 aliphatic rings. The van der Waals surface area contributed by atoms with E-state index >= 15 is 0 Å². The molecular formula is C10H10F2N4S2. The Morgan fingerprint density at radius 2 is 2.22 bits per heavy atom. The van der Waals surface area contributed by atoms with Crippen LogP contribution < -0.4 is 0 Å². The van der Waals surface area contributed by atoms with Gasteiger partial charge >= 0.3 is 0 Å². The average molecular weight is 288 g/mol. The lowest BCUT2D eigenvalue weighted by molar-refractivity contribution is 0.135. The van der Waals surface area contributed by atoms with Gasteiger partial charge in [0, 0.05) is 9.75 Å². The Bertz CT molecular complexity index is 562. The quantitative estimate of drug-likeness (QED) is 0.641. The van der Waals surface area contributed by atoms with Gasteiger partial charge in [-0.15, -0.1) is 21.5 Å². The third-order valence-corrected chi connectivity index (χ3v) is 3.63. The van der Waals surface area contributed by atoms with Gasteiger partial charge in [0.25, 0.3) is 6.43 Å². The lowest BCUT2D eigenvalue weighted by Gasteiger charge is -2.00. The molecule has 0 radical (unpaired) electrons. The van der Waals surface area contributed by atoms with Crippen LogP contribution in [0.25, 0.3) is 0 Å². The van der Waals surface area contributed by atoms with Gasteiger partial charge in [0.2, 0.25) is 11.0 Å². The van der Waals surface area contributed by atoms with Gasteiger partial charge in [0.05, 0.1) is 6.21 Å². The molecule has 2 rings (SSSR count). The van der Waals surface area contributed by atoms with Crippen LogP contribution in [-0.4, -0.2) is 27.3 Å². The van der Waals surface area contributed by atoms with E-state index in [9.17, 15) is 8.78 Å². The Labute approximate surface area is 111 Å². The Hall–Kier alpha value is -1.28. The summed E-state index contributed by atoms with van der Waals surface area (Å²) in [5, 5.41) is 11.5. The number of alkyl halides is 2. The van der Waals surface area contributed by atoms with Crippen molar-refractivity contribution in [1.82, 2.24) is 14.9 Å². The molecule has 0 saturated carbocycles. The van der Waals surface area contributed by atoms with E-state index in [0.29, 0.717) is 5.16 Å². The van der Waals surface area contributed by atoms with Gasteiger partial charge < -0.3 is 0 Å². The fraction of sp³-hybridized carbons (Fsp3) is 0.300. The fourth-order valence-electron chi connectivity index (χ4n) is 1.29. The average Bonchev–Trinajstić information content (AvgIpc) is 2.91. The number of aromatic nitrogens is 3. The lowest BCUT2D eigenvalue weighted by Crippen LogP contribution is -2.00. The van der Waals surface area contributed by atoms with Gasteiger partial charge in [-0.3, -0.25) is 0 Å². The molecule has 0 unspecified atom stereocenters. The number of thioether (sulfide) groups is 1. The zero-order chi connectivity index (χ0) is 13.1. The molecule has 2 aromatic heterocycles. The van der Waals surface area contributed by atoms with Gasteiger partial charge in [-0.2, -0.15) is 9.78 Å². The van der Waals surface area contributed by atoms with Crippen LogP contribution in [0.4, 0.5) is 8.78 Å². The summed E-state index contributed by atoms with van der Waals surface area (Å²) in [5.74, 6) is -0.441. The van der Waals surface area contributed by atoms with Crippen LogP contribution in [0.2, 0.25) is 0 Å². The first-order chi connectivity index (χ1) is 8.61. The van der Waals surface area contributed by atoms with Gasteiger partial charge in [-0.05, 0) is 25.3 Å². The van der Waals surface area contributed by atoms with Crippen molar-refractivity contribution in [2.75, 3.05) is 6.26 Å². The molecule has 0 N–H and O–H groups in total. The molecule has 0 saturated heterocycles. The van der Waals surface area contributed by atoms with E-state index in [0.717, 1.165) is 14.4 Å². The van der Waals surface area contributed by atoms with Crippen molar-refractivity contribution in [3.05, 3.63) is 27.7 Å². The summed E-state index contributed by atoms with van der Waals surface area (Å²) < 4.78 is 26.5. The molecular weight excluding hydrogens is 278 g/mol. The Kier molecular flexibility index (Phi) is 4.07. The normalized spacial score (nSPS) is 11.8. The van der Waals surface area contributed by atoms with E-state index in [1.807, 2.05) is 19.1 Å². The zero-order valence-electron chi connectivity index (χ0n) is 9.67. The van der Waals surface area contributed by atoms with E-state index in [2.05, 4.69) is 15.3 Å². The third kappa shape index (κ3) is 2.75. The zero-order valence-corrected chi connectivity index (χ0v) is 11.3. The SMILES string of the molecule is CSc1nnc(C(F)F)n1/N=C\c1ccc(C)s1. The molecule has 0 aromatic carbocycles. The van der Waals surface area contributed by atoms with Crippen molar-refractivity contribution in [3.63, 3.8) is 0 Å². The summed E-state index contributed by atoms with van der Waals surface area (Å²) in [6, 6.07) is 3.83. The van der Waals surface area contributed by atoms with Crippen LogP contribution in [-0.2, 0) is 0 Å². The second-order valence-electron chi connectivity index (χ2n) is 3.35. The fourth-order valence-corrected chi connectivity index (χ4v) is 2.47. The van der Waals surface area contributed by atoms with Crippen LogP contribution >= 0.6 is 23.1 Å². The molecule has 0 bridgehead atoms. The number of hydrogen-bond donors (Lipinski definition) is 0. The summed E-state index contributed by atoms with van der Waals surface area (Å²) in [4.78, 5) is 2.04. The van der Waals surface area contributed by atoms with Crippen LogP contribution in [0.5, 0.6) is 0 Å². The molecule has 0 aliphatic heterocycles. The second-order valence-corrected chi connectivity index (χ2v) is 5.44. The third-order valence-electron chi connectivity index (χ3n) is 2.08. The Morgan fingerprint density at radius 1 is 1.44 bits per heavy atom. The Morgan fingerprint density at radius 3 is 2.78 bits per heavy atom. The van der Waals surface area contributed by atoms with Crippen LogP contribution in [0, 0.1) is 6.92 Å². The van der Waals surface area contributed by atoms with Gasteiger partial charge in [0.1, 0.15) is 0 Å². The molecule has 96 valence electrons. The highest BCUT2D eigenvalue weighted by molar-refractivity contribution is 7.98. The van der Waals surface area contributed by atoms with Crippen LogP contribution in [0.15, 0.2) is 22.4 Å². The van der Waals surface area contributed by atoms with E-state index in [1.165, 1.54) is 29.3 Å². The minimum atomic E-state index is -2.69. The molecule has 0 spiro atoms. The monoisotopic (exact) mass is 288 g/mol. The molecule has 18 heavy (non-hydrogen) atoms. The minimum absolute atomic E-state index is 0.342. The maximum Gasteiger partial charge on any atom is 0.299 e. The van der Waals surface area contributed by atoms with Crippen LogP contribution in [0.1, 0.15) is 22.0 Å². The molecule has 0 amide bonds. The van der Waals surface area contributed by atoms with E-state index in [-0.39, 0.29) is 0 Å². The highest BCUT2D eigenvalue weighted by Gasteiger charge is 2.19. The number of hydrogen-bond acceptors (Lipinski definition) is 5. The minimum Gasteiger partial charge on any atom is -0.201 e. The van der Waals surface area contributed by atoms with Crippen molar-refractivity contribution >= 4 is 29.3 Å². The van der Waals surface area contributed by atoms with Gasteiger partial charge in [-0.1, -0.05) is 11.8 Å². The summed E-state index contributed by atoms with van der Waals surface area (Å²) in [6.07, 6.45) is 0.577. The summed E-state index contributed by atoms with van der Waals surface area (Å²) >= 11 is 2.76. The maximum atomic E-state index is 12.7. The van der Waals surface area contributed by atoms with Crippen LogP contribution in [0.3, 0.4) is 0 Å². The smallest absolute Gasteiger partial charge is 0.201 e. The molecule has 2 heterocycles. The van der Waals surface area contributed by atoms with Crippen molar-refractivity contribution < 1.29 is 8.78 Å². The summed E-state index contributed by atoms with van der Waals surface area (Å²) in [7, 11) is 0. The molecule has 0 aliphatic carbocycles. The lowest BCUT2D eigenvalue weighted by atomic mass is 10.4. The van der Waals surface area contributed by atoms with Gasteiger partial charge in [0.15, 0.2) is 0 Å². The molecule has 8 heteroatoms. The van der Waals surface area contributed by atoms with E-state index in [1.54, 1.807) is 6.26 Å². The van der Waals surface area contributed by atoms with Gasteiger partial charge in [-0.25, -0.2) is 8.78 Å². The maximum absolute atomic E-state index is 12.7. The first kappa shape index (κ1) is 13.2. The first-order valence-corrected chi connectivity index (χ1v) is 7.04. The predicted octanol–water partition coefficient (Wildman–Crippen LogP) is 3.19. The van der Waals surface area contributed by atoms with Crippen molar-refractivity contribution in [2.24, 2.45) is 5.10 Å². The highest BCUT2D eigenvalue weighted by Crippen LogP contribution is 2.22. The summed E-state index contributed by atoms with van der Waals surface area (Å²) in [5.41, 5.74) is 0. The molecule has 4 nitrogen and oxygen atoms in total. The number of aryl methyl sites for hydroxylation is 1. The molecule has 0 fully saturated rings. The standard InChI is InChI=1S/C10H10F2N4S2/c1-6-3-4-7(18-6)5-13-16-9(8(11)12)14-15-10(16)17-2/h3-5,8H,1-2H3/b13-5-. The number of nitrogens with zero attached hydrogens (tertiary/aromatic N) is 4. The molecule has 0 atom stereocenters. The number of rotatable bonds is 4. The van der Waals surface area contributed by atoms with E-state index < -0.39 is 12.2 Å².